The lowest BCUT2D eigenvalue weighted by Crippen LogP contribution is -1.88. The van der Waals surface area contributed by atoms with Crippen LogP contribution in [0.15, 0.2) is 109 Å². The van der Waals surface area contributed by atoms with Crippen LogP contribution < -0.4 is 0 Å². The highest BCUT2D eigenvalue weighted by atomic mass is 14.3. The van der Waals surface area contributed by atoms with E-state index in [9.17, 15) is 0 Å². The van der Waals surface area contributed by atoms with Gasteiger partial charge in [-0.05, 0) is 82.2 Å². The van der Waals surface area contributed by atoms with Gasteiger partial charge in [0.2, 0.25) is 0 Å². The minimum absolute atomic E-state index is 1.29. The van der Waals surface area contributed by atoms with Gasteiger partial charge in [0.15, 0.2) is 0 Å². The highest BCUT2D eigenvalue weighted by Gasteiger charge is 2.24. The summed E-state index contributed by atoms with van der Waals surface area (Å²) in [7, 11) is 0. The highest BCUT2D eigenvalue weighted by Crippen LogP contribution is 2.52. The Morgan fingerprint density at radius 2 is 0.938 bits per heavy atom. The molecule has 0 heterocycles. The van der Waals surface area contributed by atoms with Crippen molar-refractivity contribution in [2.45, 2.75) is 0 Å². The average molecular weight is 402 g/mol. The first-order valence-corrected chi connectivity index (χ1v) is 11.2. The van der Waals surface area contributed by atoms with E-state index in [1.54, 1.807) is 0 Å². The Balaban J connectivity index is 1.61. The van der Waals surface area contributed by atoms with Crippen LogP contribution in [0.4, 0.5) is 0 Å². The van der Waals surface area contributed by atoms with E-state index in [1.165, 1.54) is 76.1 Å². The zero-order valence-corrected chi connectivity index (χ0v) is 17.4. The topological polar surface area (TPSA) is 0 Å². The monoisotopic (exact) mass is 402 g/mol. The molecule has 1 aliphatic carbocycles. The van der Waals surface area contributed by atoms with Gasteiger partial charge in [-0.3, -0.25) is 0 Å². The zero-order valence-electron chi connectivity index (χ0n) is 17.4. The van der Waals surface area contributed by atoms with Crippen LogP contribution in [0.3, 0.4) is 0 Å². The first-order chi connectivity index (χ1) is 15.9. The van der Waals surface area contributed by atoms with Gasteiger partial charge in [-0.15, -0.1) is 0 Å². The molecule has 0 spiro atoms. The molecule has 0 bridgehead atoms. The fraction of sp³-hybridized carbons (Fsp3) is 0. The van der Waals surface area contributed by atoms with Gasteiger partial charge >= 0.3 is 0 Å². The van der Waals surface area contributed by atoms with E-state index in [0.29, 0.717) is 0 Å². The van der Waals surface area contributed by atoms with Gasteiger partial charge in [-0.1, -0.05) is 103 Å². The number of hydrogen-bond acceptors (Lipinski definition) is 0. The van der Waals surface area contributed by atoms with Gasteiger partial charge in [0.1, 0.15) is 0 Å². The molecule has 0 radical (unpaired) electrons. The summed E-state index contributed by atoms with van der Waals surface area (Å²) in [5.41, 5.74) is 5.40. The second-order valence-electron chi connectivity index (χ2n) is 8.91. The summed E-state index contributed by atoms with van der Waals surface area (Å²) < 4.78 is 0. The maximum absolute atomic E-state index is 2.39. The van der Waals surface area contributed by atoms with E-state index >= 15 is 0 Å². The molecule has 0 aromatic heterocycles. The van der Waals surface area contributed by atoms with E-state index in [2.05, 4.69) is 109 Å². The van der Waals surface area contributed by atoms with E-state index in [0.717, 1.165) is 0 Å². The molecule has 0 nitrogen and oxygen atoms in total. The van der Waals surface area contributed by atoms with E-state index in [4.69, 9.17) is 0 Å². The molecular weight excluding hydrogens is 384 g/mol. The second-order valence-corrected chi connectivity index (χ2v) is 8.91. The van der Waals surface area contributed by atoms with Crippen molar-refractivity contribution in [3.8, 4) is 22.3 Å². The maximum Gasteiger partial charge on any atom is -0.00137 e. The van der Waals surface area contributed by atoms with Crippen LogP contribution in [0.25, 0.3) is 76.1 Å². The molecule has 0 saturated heterocycles. The van der Waals surface area contributed by atoms with Crippen molar-refractivity contribution < 1.29 is 0 Å². The van der Waals surface area contributed by atoms with Crippen LogP contribution in [0, 0.1) is 0 Å². The molecule has 7 aromatic carbocycles. The Kier molecular flexibility index (Phi) is 2.97. The summed E-state index contributed by atoms with van der Waals surface area (Å²) in [6.45, 7) is 0. The summed E-state index contributed by atoms with van der Waals surface area (Å²) in [6, 6.07) is 40.5. The summed E-state index contributed by atoms with van der Waals surface area (Å²) in [5.74, 6) is 0. The average Bonchev–Trinajstić information content (AvgIpc) is 3.22. The van der Waals surface area contributed by atoms with Crippen molar-refractivity contribution in [1.29, 1.82) is 0 Å². The number of benzene rings is 7. The Labute approximate surface area is 185 Å². The molecule has 0 atom stereocenters. The lowest BCUT2D eigenvalue weighted by atomic mass is 9.88. The lowest BCUT2D eigenvalue weighted by Gasteiger charge is -2.15. The van der Waals surface area contributed by atoms with Crippen LogP contribution in [0.2, 0.25) is 0 Å². The predicted molar refractivity (Wildman–Crippen MR) is 138 cm³/mol. The van der Waals surface area contributed by atoms with Crippen molar-refractivity contribution in [3.05, 3.63) is 109 Å². The third-order valence-corrected chi connectivity index (χ3v) is 7.34. The van der Waals surface area contributed by atoms with Gasteiger partial charge in [0, 0.05) is 0 Å². The van der Waals surface area contributed by atoms with E-state index in [-0.39, 0.29) is 0 Å². The van der Waals surface area contributed by atoms with Crippen molar-refractivity contribution in [3.63, 3.8) is 0 Å². The minimum atomic E-state index is 1.29. The van der Waals surface area contributed by atoms with Gasteiger partial charge in [-0.25, -0.2) is 0 Å². The van der Waals surface area contributed by atoms with Crippen molar-refractivity contribution in [2.24, 2.45) is 0 Å². The molecule has 1 aliphatic rings. The van der Waals surface area contributed by atoms with Crippen molar-refractivity contribution in [1.82, 2.24) is 0 Å². The summed E-state index contributed by atoms with van der Waals surface area (Å²) >= 11 is 0. The Bertz CT molecular complexity index is 1920. The third-order valence-electron chi connectivity index (χ3n) is 7.34. The van der Waals surface area contributed by atoms with Gasteiger partial charge in [0.25, 0.3) is 0 Å². The van der Waals surface area contributed by atoms with Crippen LogP contribution in [0.1, 0.15) is 0 Å². The SMILES string of the molecule is c1ccc2c(c1)cc(-c1ccc3ccc4ccc5cccc6c5c4c3c1-6)c1ccccc12. The highest BCUT2D eigenvalue weighted by molar-refractivity contribution is 6.35. The molecule has 0 amide bonds. The number of hydrogen-bond donors (Lipinski definition) is 0. The smallest absolute Gasteiger partial charge is 0.00137 e. The van der Waals surface area contributed by atoms with Crippen LogP contribution in [-0.4, -0.2) is 0 Å². The number of rotatable bonds is 1. The van der Waals surface area contributed by atoms with E-state index in [1.807, 2.05) is 0 Å². The summed E-state index contributed by atoms with van der Waals surface area (Å²) in [6.07, 6.45) is 0. The Morgan fingerprint density at radius 1 is 0.312 bits per heavy atom. The quantitative estimate of drug-likeness (QED) is 0.240. The standard InChI is InChI=1S/C32H18/c1-2-8-23-22(6-1)18-28(25-10-4-3-9-24(23)25)26-17-16-21-15-14-20-13-12-19-7-5-11-27-29(19)30(20)31(21)32(26)27/h1-18H. The summed E-state index contributed by atoms with van der Waals surface area (Å²) in [5, 5.41) is 13.5. The molecule has 0 heteroatoms. The summed E-state index contributed by atoms with van der Waals surface area (Å²) in [4.78, 5) is 0. The molecule has 0 saturated carbocycles. The third kappa shape index (κ3) is 1.93. The van der Waals surface area contributed by atoms with Crippen LogP contribution >= 0.6 is 0 Å². The zero-order chi connectivity index (χ0) is 20.8. The molecule has 0 fully saturated rings. The van der Waals surface area contributed by atoms with Crippen LogP contribution in [-0.2, 0) is 0 Å². The molecule has 32 heavy (non-hydrogen) atoms. The Hall–Kier alpha value is -4.16. The first kappa shape index (κ1) is 16.5. The second kappa shape index (κ2) is 5.75. The van der Waals surface area contributed by atoms with Gasteiger partial charge in [0.05, 0.1) is 0 Å². The Morgan fingerprint density at radius 3 is 1.78 bits per heavy atom. The van der Waals surface area contributed by atoms with Crippen LogP contribution in [0.5, 0.6) is 0 Å². The molecule has 0 unspecified atom stereocenters. The molecular formula is C32H18. The maximum atomic E-state index is 2.39. The number of fused-ring (bicyclic) bond motifs is 4. The largest absolute Gasteiger partial charge is 0.0616 e. The van der Waals surface area contributed by atoms with Gasteiger partial charge in [-0.2, -0.15) is 0 Å². The molecule has 0 aliphatic heterocycles. The lowest BCUT2D eigenvalue weighted by molar-refractivity contribution is 1.70. The molecule has 0 N–H and O–H groups in total. The molecule has 8 rings (SSSR count). The van der Waals surface area contributed by atoms with E-state index < -0.39 is 0 Å². The van der Waals surface area contributed by atoms with Gasteiger partial charge < -0.3 is 0 Å². The fourth-order valence-electron chi connectivity index (χ4n) is 6.00. The molecule has 7 aromatic rings. The first-order valence-electron chi connectivity index (χ1n) is 11.2. The van der Waals surface area contributed by atoms with Crippen molar-refractivity contribution >= 4 is 53.9 Å². The molecule has 146 valence electrons. The predicted octanol–water partition coefficient (Wildman–Crippen LogP) is 9.10. The normalized spacial score (nSPS) is 12.4. The van der Waals surface area contributed by atoms with Crippen molar-refractivity contribution in [2.75, 3.05) is 0 Å². The minimum Gasteiger partial charge on any atom is -0.0616 e. The fourth-order valence-corrected chi connectivity index (χ4v) is 6.00.